The summed E-state index contributed by atoms with van der Waals surface area (Å²) in [6.45, 7) is 0.312. The highest BCUT2D eigenvalue weighted by Crippen LogP contribution is 2.16. The molecule has 1 atom stereocenters. The molecule has 0 aliphatic heterocycles. The summed E-state index contributed by atoms with van der Waals surface area (Å²) in [7, 11) is 0. The SMILES string of the molecule is O=C(NC(CC(F)F)C(=O)O)c1cnn(Cc2ccccc2Cl)c1. The van der Waals surface area contributed by atoms with Crippen molar-refractivity contribution in [2.24, 2.45) is 0 Å². The van der Waals surface area contributed by atoms with Crippen molar-refractivity contribution in [1.82, 2.24) is 15.1 Å². The van der Waals surface area contributed by atoms with Crippen LogP contribution in [0, 0.1) is 0 Å². The molecule has 0 saturated heterocycles. The van der Waals surface area contributed by atoms with Crippen LogP contribution in [0.25, 0.3) is 0 Å². The van der Waals surface area contributed by atoms with Gasteiger partial charge in [0, 0.05) is 17.6 Å². The number of carbonyl (C=O) groups is 2. The van der Waals surface area contributed by atoms with Crippen LogP contribution in [-0.2, 0) is 11.3 Å². The van der Waals surface area contributed by atoms with Crippen LogP contribution < -0.4 is 5.32 Å². The first-order valence-electron chi connectivity index (χ1n) is 6.94. The number of carbonyl (C=O) groups excluding carboxylic acids is 1. The summed E-state index contributed by atoms with van der Waals surface area (Å²) >= 11 is 6.04. The number of alkyl halides is 2. The number of aromatic nitrogens is 2. The fourth-order valence-corrected chi connectivity index (χ4v) is 2.21. The molecule has 0 radical (unpaired) electrons. The van der Waals surface area contributed by atoms with Gasteiger partial charge in [-0.2, -0.15) is 5.10 Å². The molecule has 0 bridgehead atoms. The molecule has 0 saturated carbocycles. The van der Waals surface area contributed by atoms with E-state index in [1.807, 2.05) is 0 Å². The maximum absolute atomic E-state index is 12.3. The Hall–Kier alpha value is -2.48. The van der Waals surface area contributed by atoms with Gasteiger partial charge in [-0.25, -0.2) is 13.6 Å². The Balaban J connectivity index is 2.05. The molecule has 1 unspecified atom stereocenters. The summed E-state index contributed by atoms with van der Waals surface area (Å²) in [5.74, 6) is -2.31. The molecule has 9 heteroatoms. The van der Waals surface area contributed by atoms with E-state index in [1.165, 1.54) is 17.1 Å². The lowest BCUT2D eigenvalue weighted by molar-refractivity contribution is -0.140. The molecule has 1 amide bonds. The highest BCUT2D eigenvalue weighted by molar-refractivity contribution is 6.31. The van der Waals surface area contributed by atoms with Gasteiger partial charge in [-0.05, 0) is 11.6 Å². The topological polar surface area (TPSA) is 84.2 Å². The van der Waals surface area contributed by atoms with Gasteiger partial charge in [-0.3, -0.25) is 9.48 Å². The van der Waals surface area contributed by atoms with E-state index < -0.39 is 30.8 Å². The van der Waals surface area contributed by atoms with Gasteiger partial charge in [0.15, 0.2) is 0 Å². The summed E-state index contributed by atoms with van der Waals surface area (Å²) in [6.07, 6.45) is -1.18. The number of benzene rings is 1. The molecular formula is C15H14ClF2N3O3. The normalized spacial score (nSPS) is 12.2. The van der Waals surface area contributed by atoms with E-state index in [0.29, 0.717) is 11.6 Å². The zero-order chi connectivity index (χ0) is 17.7. The van der Waals surface area contributed by atoms with Crippen molar-refractivity contribution < 1.29 is 23.5 Å². The monoisotopic (exact) mass is 357 g/mol. The molecule has 1 heterocycles. The summed E-state index contributed by atoms with van der Waals surface area (Å²) in [6, 6.07) is 5.44. The van der Waals surface area contributed by atoms with Crippen LogP contribution >= 0.6 is 11.6 Å². The Labute approximate surface area is 141 Å². The van der Waals surface area contributed by atoms with Crippen LogP contribution in [0.15, 0.2) is 36.7 Å². The van der Waals surface area contributed by atoms with Gasteiger partial charge in [-0.15, -0.1) is 0 Å². The van der Waals surface area contributed by atoms with Crippen molar-refractivity contribution in [3.63, 3.8) is 0 Å². The predicted octanol–water partition coefficient (Wildman–Crippen LogP) is 2.42. The Morgan fingerprint density at radius 1 is 1.33 bits per heavy atom. The van der Waals surface area contributed by atoms with Crippen molar-refractivity contribution in [1.29, 1.82) is 0 Å². The molecule has 128 valence electrons. The average Bonchev–Trinajstić information content (AvgIpc) is 2.97. The minimum Gasteiger partial charge on any atom is -0.480 e. The zero-order valence-electron chi connectivity index (χ0n) is 12.3. The van der Waals surface area contributed by atoms with Gasteiger partial charge in [0.25, 0.3) is 5.91 Å². The highest BCUT2D eigenvalue weighted by Gasteiger charge is 2.25. The number of nitrogens with zero attached hydrogens (tertiary/aromatic N) is 2. The second-order valence-corrected chi connectivity index (χ2v) is 5.42. The Kier molecular flexibility index (Phi) is 5.86. The van der Waals surface area contributed by atoms with Crippen molar-refractivity contribution in [2.45, 2.75) is 25.4 Å². The number of hydrogen-bond donors (Lipinski definition) is 2. The lowest BCUT2D eigenvalue weighted by Crippen LogP contribution is -2.41. The number of halogens is 3. The van der Waals surface area contributed by atoms with E-state index in [0.717, 1.165) is 5.56 Å². The second kappa shape index (κ2) is 7.87. The third kappa shape index (κ3) is 4.76. The van der Waals surface area contributed by atoms with E-state index in [1.54, 1.807) is 24.3 Å². The highest BCUT2D eigenvalue weighted by atomic mass is 35.5. The van der Waals surface area contributed by atoms with Crippen LogP contribution in [0.1, 0.15) is 22.3 Å². The summed E-state index contributed by atoms with van der Waals surface area (Å²) < 4.78 is 26.1. The smallest absolute Gasteiger partial charge is 0.326 e. The minimum atomic E-state index is -2.84. The summed E-state index contributed by atoms with van der Waals surface area (Å²) in [5, 5.41) is 15.5. The van der Waals surface area contributed by atoms with Crippen molar-refractivity contribution >= 4 is 23.5 Å². The van der Waals surface area contributed by atoms with E-state index >= 15 is 0 Å². The van der Waals surface area contributed by atoms with Crippen LogP contribution in [0.3, 0.4) is 0 Å². The van der Waals surface area contributed by atoms with Gasteiger partial charge >= 0.3 is 5.97 Å². The molecule has 0 aliphatic carbocycles. The molecule has 2 aromatic rings. The standard InChI is InChI=1S/C15H14ClF2N3O3/c16-11-4-2-1-3-9(11)7-21-8-10(6-19-21)14(22)20-12(15(23)24)5-13(17)18/h1-4,6,8,12-13H,5,7H2,(H,20,22)(H,23,24). The zero-order valence-corrected chi connectivity index (χ0v) is 13.1. The number of carboxylic acids is 1. The lowest BCUT2D eigenvalue weighted by Gasteiger charge is -2.13. The Morgan fingerprint density at radius 3 is 2.67 bits per heavy atom. The predicted molar refractivity (Wildman–Crippen MR) is 82.3 cm³/mol. The number of nitrogens with one attached hydrogen (secondary N) is 1. The maximum Gasteiger partial charge on any atom is 0.326 e. The van der Waals surface area contributed by atoms with Gasteiger partial charge in [0.05, 0.1) is 18.3 Å². The van der Waals surface area contributed by atoms with E-state index in [2.05, 4.69) is 10.4 Å². The Bertz CT molecular complexity index is 736. The first kappa shape index (κ1) is 17.9. The fourth-order valence-electron chi connectivity index (χ4n) is 2.01. The molecule has 0 fully saturated rings. The van der Waals surface area contributed by atoms with E-state index in [4.69, 9.17) is 16.7 Å². The molecule has 1 aromatic carbocycles. The van der Waals surface area contributed by atoms with Crippen molar-refractivity contribution in [3.05, 3.63) is 52.8 Å². The lowest BCUT2D eigenvalue weighted by atomic mass is 10.2. The van der Waals surface area contributed by atoms with Crippen LogP contribution in [0.2, 0.25) is 5.02 Å². The summed E-state index contributed by atoms with van der Waals surface area (Å²) in [5.41, 5.74) is 0.859. The van der Waals surface area contributed by atoms with Crippen LogP contribution in [0.5, 0.6) is 0 Å². The first-order valence-corrected chi connectivity index (χ1v) is 7.32. The molecule has 2 rings (SSSR count). The summed E-state index contributed by atoms with van der Waals surface area (Å²) in [4.78, 5) is 22.9. The molecule has 1 aromatic heterocycles. The van der Waals surface area contributed by atoms with Crippen LogP contribution in [0.4, 0.5) is 8.78 Å². The number of aliphatic carboxylic acids is 1. The van der Waals surface area contributed by atoms with Crippen LogP contribution in [-0.4, -0.2) is 39.2 Å². The quantitative estimate of drug-likeness (QED) is 0.797. The number of amides is 1. The third-order valence-electron chi connectivity index (χ3n) is 3.20. The first-order chi connectivity index (χ1) is 11.4. The fraction of sp³-hybridized carbons (Fsp3) is 0.267. The van der Waals surface area contributed by atoms with Crippen molar-refractivity contribution in [2.75, 3.05) is 0 Å². The number of carboxylic acid groups (broad SMARTS) is 1. The van der Waals surface area contributed by atoms with Gasteiger partial charge in [-0.1, -0.05) is 29.8 Å². The Morgan fingerprint density at radius 2 is 2.04 bits per heavy atom. The molecule has 24 heavy (non-hydrogen) atoms. The van der Waals surface area contributed by atoms with E-state index in [9.17, 15) is 18.4 Å². The average molecular weight is 358 g/mol. The number of hydrogen-bond acceptors (Lipinski definition) is 3. The van der Waals surface area contributed by atoms with E-state index in [-0.39, 0.29) is 5.56 Å². The van der Waals surface area contributed by atoms with Gasteiger partial charge in [0.2, 0.25) is 6.43 Å². The molecule has 0 spiro atoms. The van der Waals surface area contributed by atoms with Gasteiger partial charge < -0.3 is 10.4 Å². The number of rotatable bonds is 7. The van der Waals surface area contributed by atoms with Gasteiger partial charge in [0.1, 0.15) is 6.04 Å². The maximum atomic E-state index is 12.3. The molecule has 2 N–H and O–H groups in total. The third-order valence-corrected chi connectivity index (χ3v) is 3.57. The molecule has 6 nitrogen and oxygen atoms in total. The second-order valence-electron chi connectivity index (χ2n) is 5.01. The molecule has 0 aliphatic rings. The molecular weight excluding hydrogens is 344 g/mol. The largest absolute Gasteiger partial charge is 0.480 e. The van der Waals surface area contributed by atoms with Crippen molar-refractivity contribution in [3.8, 4) is 0 Å². The minimum absolute atomic E-state index is 0.0718.